The Labute approximate surface area is 86.1 Å². The molecule has 0 aromatic carbocycles. The first-order chi connectivity index (χ1) is 6.60. The van der Waals surface area contributed by atoms with E-state index in [0.717, 1.165) is 12.8 Å². The summed E-state index contributed by atoms with van der Waals surface area (Å²) in [6.07, 6.45) is 3.37. The summed E-state index contributed by atoms with van der Waals surface area (Å²) in [6.45, 7) is 2.65. The second kappa shape index (κ2) is 5.09. The van der Waals surface area contributed by atoms with Crippen molar-refractivity contribution < 1.29 is 13.2 Å². The molecule has 0 aromatic rings. The lowest BCUT2D eigenvalue weighted by Crippen LogP contribution is -2.39. The van der Waals surface area contributed by atoms with Crippen LogP contribution in [0.1, 0.15) is 32.6 Å². The van der Waals surface area contributed by atoms with Crippen LogP contribution in [-0.4, -0.2) is 33.4 Å². The third-order valence-electron chi connectivity index (χ3n) is 2.65. The van der Waals surface area contributed by atoms with Gasteiger partial charge in [-0.05, 0) is 26.3 Å². The third-order valence-corrected chi connectivity index (χ3v) is 4.53. The van der Waals surface area contributed by atoms with Gasteiger partial charge in [0.15, 0.2) is 0 Å². The standard InChI is InChI=1S/C9H19NO3S/c1-3-4-8-7-9(5-6-13-8)14(11,12)10-2/h8-10H,3-7H2,1-2H3. The van der Waals surface area contributed by atoms with Gasteiger partial charge in [-0.2, -0.15) is 0 Å². The minimum Gasteiger partial charge on any atom is -0.378 e. The Morgan fingerprint density at radius 3 is 2.79 bits per heavy atom. The van der Waals surface area contributed by atoms with Crippen LogP contribution < -0.4 is 4.72 Å². The summed E-state index contributed by atoms with van der Waals surface area (Å²) in [6, 6.07) is 0. The fourth-order valence-electron chi connectivity index (χ4n) is 1.82. The second-order valence-electron chi connectivity index (χ2n) is 3.68. The van der Waals surface area contributed by atoms with E-state index < -0.39 is 10.0 Å². The van der Waals surface area contributed by atoms with E-state index in [9.17, 15) is 8.42 Å². The number of rotatable bonds is 4. The van der Waals surface area contributed by atoms with Crippen molar-refractivity contribution >= 4 is 10.0 Å². The van der Waals surface area contributed by atoms with Gasteiger partial charge >= 0.3 is 0 Å². The smallest absolute Gasteiger partial charge is 0.214 e. The molecule has 0 radical (unpaired) electrons. The maximum atomic E-state index is 11.5. The average Bonchev–Trinajstić information content (AvgIpc) is 2.19. The molecule has 1 heterocycles. The van der Waals surface area contributed by atoms with Crippen LogP contribution in [0.15, 0.2) is 0 Å². The lowest BCUT2D eigenvalue weighted by Gasteiger charge is -2.28. The molecule has 0 aliphatic carbocycles. The van der Waals surface area contributed by atoms with Crippen molar-refractivity contribution in [2.24, 2.45) is 0 Å². The zero-order valence-corrected chi connectivity index (χ0v) is 9.64. The zero-order valence-electron chi connectivity index (χ0n) is 8.82. The molecule has 1 aliphatic rings. The maximum Gasteiger partial charge on any atom is 0.214 e. The van der Waals surface area contributed by atoms with E-state index in [4.69, 9.17) is 4.74 Å². The van der Waals surface area contributed by atoms with Crippen LogP contribution >= 0.6 is 0 Å². The van der Waals surface area contributed by atoms with Gasteiger partial charge in [0.25, 0.3) is 0 Å². The molecule has 2 atom stereocenters. The van der Waals surface area contributed by atoms with Crippen molar-refractivity contribution in [3.63, 3.8) is 0 Å². The molecule has 4 nitrogen and oxygen atoms in total. The van der Waals surface area contributed by atoms with Gasteiger partial charge in [0.05, 0.1) is 11.4 Å². The Morgan fingerprint density at radius 2 is 2.21 bits per heavy atom. The highest BCUT2D eigenvalue weighted by molar-refractivity contribution is 7.90. The average molecular weight is 221 g/mol. The van der Waals surface area contributed by atoms with Gasteiger partial charge in [-0.15, -0.1) is 0 Å². The molecule has 5 heteroatoms. The van der Waals surface area contributed by atoms with Crippen LogP contribution in [0, 0.1) is 0 Å². The summed E-state index contributed by atoms with van der Waals surface area (Å²) < 4.78 is 31.0. The molecule has 0 bridgehead atoms. The predicted molar refractivity (Wildman–Crippen MR) is 55.6 cm³/mol. The monoisotopic (exact) mass is 221 g/mol. The number of hydrogen-bond acceptors (Lipinski definition) is 3. The van der Waals surface area contributed by atoms with Gasteiger partial charge in [-0.25, -0.2) is 13.1 Å². The van der Waals surface area contributed by atoms with Crippen LogP contribution in [0.5, 0.6) is 0 Å². The lowest BCUT2D eigenvalue weighted by molar-refractivity contribution is 0.0124. The highest BCUT2D eigenvalue weighted by Crippen LogP contribution is 2.22. The van der Waals surface area contributed by atoms with Crippen molar-refractivity contribution in [1.29, 1.82) is 0 Å². The molecule has 1 saturated heterocycles. The molecular formula is C9H19NO3S. The van der Waals surface area contributed by atoms with Crippen LogP contribution in [0.2, 0.25) is 0 Å². The third kappa shape index (κ3) is 2.93. The highest BCUT2D eigenvalue weighted by atomic mass is 32.2. The molecule has 0 saturated carbocycles. The van der Waals surface area contributed by atoms with E-state index >= 15 is 0 Å². The van der Waals surface area contributed by atoms with E-state index in [0.29, 0.717) is 19.4 Å². The van der Waals surface area contributed by atoms with Crippen molar-refractivity contribution in [1.82, 2.24) is 4.72 Å². The summed E-state index contributed by atoms with van der Waals surface area (Å²) in [5.74, 6) is 0. The van der Waals surface area contributed by atoms with Crippen LogP contribution in [-0.2, 0) is 14.8 Å². The molecule has 1 rings (SSSR count). The first-order valence-electron chi connectivity index (χ1n) is 5.14. The highest BCUT2D eigenvalue weighted by Gasteiger charge is 2.30. The van der Waals surface area contributed by atoms with Gasteiger partial charge < -0.3 is 4.74 Å². The SMILES string of the molecule is CCCC1CC(S(=O)(=O)NC)CCO1. The summed E-state index contributed by atoms with van der Waals surface area (Å²) in [4.78, 5) is 0. The summed E-state index contributed by atoms with van der Waals surface area (Å²) >= 11 is 0. The Morgan fingerprint density at radius 1 is 1.50 bits per heavy atom. The Hall–Kier alpha value is -0.130. The predicted octanol–water partition coefficient (Wildman–Crippen LogP) is 0.883. The van der Waals surface area contributed by atoms with Crippen molar-refractivity contribution in [3.05, 3.63) is 0 Å². The number of nitrogens with one attached hydrogen (secondary N) is 1. The van der Waals surface area contributed by atoms with E-state index in [2.05, 4.69) is 11.6 Å². The number of sulfonamides is 1. The number of hydrogen-bond donors (Lipinski definition) is 1. The van der Waals surface area contributed by atoms with Crippen LogP contribution in [0.4, 0.5) is 0 Å². The van der Waals surface area contributed by atoms with Crippen molar-refractivity contribution in [2.45, 2.75) is 44.0 Å². The fourth-order valence-corrected chi connectivity index (χ4v) is 3.02. The first kappa shape index (κ1) is 11.9. The molecule has 0 amide bonds. The van der Waals surface area contributed by atoms with E-state index in [1.54, 1.807) is 0 Å². The van der Waals surface area contributed by atoms with Gasteiger partial charge in [0, 0.05) is 6.61 Å². The molecule has 1 N–H and O–H groups in total. The second-order valence-corrected chi connectivity index (χ2v) is 5.84. The fraction of sp³-hybridized carbons (Fsp3) is 1.00. The first-order valence-corrected chi connectivity index (χ1v) is 6.68. The van der Waals surface area contributed by atoms with Crippen molar-refractivity contribution in [2.75, 3.05) is 13.7 Å². The molecule has 84 valence electrons. The molecular weight excluding hydrogens is 202 g/mol. The normalized spacial score (nSPS) is 29.0. The molecule has 14 heavy (non-hydrogen) atoms. The molecule has 2 unspecified atom stereocenters. The summed E-state index contributed by atoms with van der Waals surface area (Å²) in [7, 11) is -1.63. The Bertz CT molecular complexity index is 261. The van der Waals surface area contributed by atoms with Gasteiger partial charge in [0.1, 0.15) is 0 Å². The van der Waals surface area contributed by atoms with Crippen LogP contribution in [0.3, 0.4) is 0 Å². The van der Waals surface area contributed by atoms with Crippen LogP contribution in [0.25, 0.3) is 0 Å². The minimum absolute atomic E-state index is 0.127. The lowest BCUT2D eigenvalue weighted by atomic mass is 10.0. The Balaban J connectivity index is 2.56. The molecule has 1 fully saturated rings. The zero-order chi connectivity index (χ0) is 10.6. The number of ether oxygens (including phenoxy) is 1. The van der Waals surface area contributed by atoms with E-state index in [1.165, 1.54) is 7.05 Å². The Kier molecular flexibility index (Phi) is 4.34. The van der Waals surface area contributed by atoms with Gasteiger partial charge in [-0.1, -0.05) is 13.3 Å². The summed E-state index contributed by atoms with van der Waals surface area (Å²) in [5.41, 5.74) is 0. The van der Waals surface area contributed by atoms with Gasteiger partial charge in [0.2, 0.25) is 10.0 Å². The quantitative estimate of drug-likeness (QED) is 0.767. The molecule has 1 aliphatic heterocycles. The minimum atomic E-state index is -3.10. The van der Waals surface area contributed by atoms with E-state index in [-0.39, 0.29) is 11.4 Å². The largest absolute Gasteiger partial charge is 0.378 e. The van der Waals surface area contributed by atoms with E-state index in [1.807, 2.05) is 0 Å². The molecule has 0 spiro atoms. The molecule has 0 aromatic heterocycles. The topological polar surface area (TPSA) is 55.4 Å². The van der Waals surface area contributed by atoms with Gasteiger partial charge in [-0.3, -0.25) is 0 Å². The maximum absolute atomic E-state index is 11.5. The summed E-state index contributed by atoms with van der Waals surface area (Å²) in [5, 5.41) is -0.266. The van der Waals surface area contributed by atoms with Crippen molar-refractivity contribution in [3.8, 4) is 0 Å².